The number of ether oxygens (including phenoxy) is 2. The van der Waals surface area contributed by atoms with Crippen LogP contribution in [0.5, 0.6) is 11.5 Å². The van der Waals surface area contributed by atoms with E-state index in [1.807, 2.05) is 0 Å². The predicted molar refractivity (Wildman–Crippen MR) is 84.0 cm³/mol. The van der Waals surface area contributed by atoms with Gasteiger partial charge >= 0.3 is 0 Å². The van der Waals surface area contributed by atoms with E-state index in [1.54, 1.807) is 0 Å². The van der Waals surface area contributed by atoms with Crippen LogP contribution in [-0.2, 0) is 0 Å². The van der Waals surface area contributed by atoms with Crippen molar-refractivity contribution in [2.75, 3.05) is 6.79 Å². The highest BCUT2D eigenvalue weighted by atomic mass is 28.3. The summed E-state index contributed by atoms with van der Waals surface area (Å²) in [6.07, 6.45) is 2.31. The van der Waals surface area contributed by atoms with E-state index in [-0.39, 0.29) is 0 Å². The van der Waals surface area contributed by atoms with Crippen LogP contribution in [0.15, 0.2) is 42.5 Å². The van der Waals surface area contributed by atoms with Crippen LogP contribution < -0.4 is 14.7 Å². The first-order chi connectivity index (χ1) is 9.68. The van der Waals surface area contributed by atoms with Crippen molar-refractivity contribution in [2.24, 2.45) is 0 Å². The van der Waals surface area contributed by atoms with E-state index in [2.05, 4.69) is 61.6 Å². The highest BCUT2D eigenvalue weighted by molar-refractivity contribution is 7.07. The molecule has 2 aliphatic heterocycles. The summed E-state index contributed by atoms with van der Waals surface area (Å²) in [6.45, 7) is 5.14. The van der Waals surface area contributed by atoms with Crippen LogP contribution in [0.2, 0.25) is 13.1 Å². The Kier molecular flexibility index (Phi) is 2.36. The van der Waals surface area contributed by atoms with E-state index >= 15 is 0 Å². The molecule has 0 saturated carbocycles. The Bertz CT molecular complexity index is 717. The molecule has 2 aliphatic rings. The average Bonchev–Trinajstić information content (AvgIpc) is 3.02. The molecule has 2 aromatic carbocycles. The molecule has 2 aromatic rings. The van der Waals surface area contributed by atoms with Gasteiger partial charge in [0.1, 0.15) is 8.07 Å². The summed E-state index contributed by atoms with van der Waals surface area (Å²) in [4.78, 5) is 0. The summed E-state index contributed by atoms with van der Waals surface area (Å²) >= 11 is 0. The maximum Gasteiger partial charge on any atom is 0.231 e. The fourth-order valence-electron chi connectivity index (χ4n) is 3.21. The van der Waals surface area contributed by atoms with Gasteiger partial charge in [-0.2, -0.15) is 0 Å². The molecule has 2 nitrogen and oxygen atoms in total. The Labute approximate surface area is 119 Å². The predicted octanol–water partition coefficient (Wildman–Crippen LogP) is 3.42. The molecule has 0 radical (unpaired) electrons. The quantitative estimate of drug-likeness (QED) is 0.745. The fourth-order valence-corrected chi connectivity index (χ4v) is 6.26. The minimum Gasteiger partial charge on any atom is -0.454 e. The number of hydrogen-bond acceptors (Lipinski definition) is 2. The van der Waals surface area contributed by atoms with E-state index in [0.717, 1.165) is 11.5 Å². The van der Waals surface area contributed by atoms with Gasteiger partial charge in [0.25, 0.3) is 0 Å². The molecule has 3 heteroatoms. The first-order valence-electron chi connectivity index (χ1n) is 6.88. The molecule has 4 rings (SSSR count). The zero-order chi connectivity index (χ0) is 13.7. The second-order valence-corrected chi connectivity index (χ2v) is 10.1. The van der Waals surface area contributed by atoms with Crippen LogP contribution in [0.1, 0.15) is 11.1 Å². The van der Waals surface area contributed by atoms with E-state index < -0.39 is 8.07 Å². The van der Waals surface area contributed by atoms with Crippen LogP contribution in [0.3, 0.4) is 0 Å². The van der Waals surface area contributed by atoms with E-state index in [0.29, 0.717) is 6.79 Å². The molecule has 0 unspecified atom stereocenters. The third kappa shape index (κ3) is 1.50. The van der Waals surface area contributed by atoms with Crippen LogP contribution in [0, 0.1) is 0 Å². The number of hydrogen-bond donors (Lipinski definition) is 0. The molecule has 0 aromatic heterocycles. The lowest BCUT2D eigenvalue weighted by Gasteiger charge is -2.22. The molecule has 0 amide bonds. The fraction of sp³-hybridized carbons (Fsp3) is 0.176. The first-order valence-corrected chi connectivity index (χ1v) is 9.88. The Morgan fingerprint density at radius 2 is 1.75 bits per heavy atom. The molecule has 100 valence electrons. The topological polar surface area (TPSA) is 18.5 Å². The SMILES string of the molecule is C[Si]1(C)C(c2ccccc2)=Cc2c1ccc1c2OCO1. The third-order valence-electron chi connectivity index (χ3n) is 4.30. The Morgan fingerprint density at radius 1 is 0.950 bits per heavy atom. The Morgan fingerprint density at radius 3 is 2.55 bits per heavy atom. The molecule has 0 saturated heterocycles. The number of rotatable bonds is 1. The number of benzene rings is 2. The van der Waals surface area contributed by atoms with Gasteiger partial charge in [0.15, 0.2) is 11.5 Å². The molecule has 0 N–H and O–H groups in total. The minimum absolute atomic E-state index is 0.336. The maximum absolute atomic E-state index is 5.67. The summed E-state index contributed by atoms with van der Waals surface area (Å²) in [6, 6.07) is 14.9. The van der Waals surface area contributed by atoms with Gasteiger partial charge in [-0.15, -0.1) is 0 Å². The van der Waals surface area contributed by atoms with Crippen molar-refractivity contribution >= 4 is 24.5 Å². The van der Waals surface area contributed by atoms with Gasteiger partial charge in [0.05, 0.1) is 0 Å². The highest BCUT2D eigenvalue weighted by Gasteiger charge is 2.38. The maximum atomic E-state index is 5.67. The van der Waals surface area contributed by atoms with Crippen molar-refractivity contribution in [1.29, 1.82) is 0 Å². The second-order valence-electron chi connectivity index (χ2n) is 5.81. The summed E-state index contributed by atoms with van der Waals surface area (Å²) in [5, 5.41) is 2.91. The van der Waals surface area contributed by atoms with Gasteiger partial charge in [-0.1, -0.05) is 55.6 Å². The number of fused-ring (bicyclic) bond motifs is 3. The third-order valence-corrected chi connectivity index (χ3v) is 7.86. The van der Waals surface area contributed by atoms with Crippen molar-refractivity contribution in [3.05, 3.63) is 53.6 Å². The van der Waals surface area contributed by atoms with Crippen molar-refractivity contribution in [3.8, 4) is 11.5 Å². The van der Waals surface area contributed by atoms with Crippen molar-refractivity contribution in [3.63, 3.8) is 0 Å². The van der Waals surface area contributed by atoms with E-state index in [4.69, 9.17) is 9.47 Å². The molecular formula is C17H16O2Si. The molecule has 0 fully saturated rings. The van der Waals surface area contributed by atoms with Crippen LogP contribution in [0.25, 0.3) is 11.3 Å². The first kappa shape index (κ1) is 11.8. The highest BCUT2D eigenvalue weighted by Crippen LogP contribution is 2.43. The normalized spacial score (nSPS) is 17.8. The van der Waals surface area contributed by atoms with Gasteiger partial charge in [0, 0.05) is 5.56 Å². The smallest absolute Gasteiger partial charge is 0.231 e. The molecule has 0 bridgehead atoms. The molecular weight excluding hydrogens is 264 g/mol. The van der Waals surface area contributed by atoms with Crippen LogP contribution >= 0.6 is 0 Å². The van der Waals surface area contributed by atoms with E-state index in [1.165, 1.54) is 21.5 Å². The monoisotopic (exact) mass is 280 g/mol. The molecule has 20 heavy (non-hydrogen) atoms. The lowest BCUT2D eigenvalue weighted by molar-refractivity contribution is 0.174. The van der Waals surface area contributed by atoms with Gasteiger partial charge in [0.2, 0.25) is 6.79 Å². The van der Waals surface area contributed by atoms with Crippen molar-refractivity contribution in [2.45, 2.75) is 13.1 Å². The zero-order valence-electron chi connectivity index (χ0n) is 11.6. The summed E-state index contributed by atoms with van der Waals surface area (Å²) in [5.41, 5.74) is 2.56. The lowest BCUT2D eigenvalue weighted by Crippen LogP contribution is -2.40. The van der Waals surface area contributed by atoms with Crippen molar-refractivity contribution in [1.82, 2.24) is 0 Å². The minimum atomic E-state index is -1.65. The Hall–Kier alpha value is -2.00. The van der Waals surface area contributed by atoms with Crippen molar-refractivity contribution < 1.29 is 9.47 Å². The summed E-state index contributed by atoms with van der Waals surface area (Å²) in [7, 11) is -1.65. The van der Waals surface area contributed by atoms with Gasteiger partial charge in [-0.3, -0.25) is 0 Å². The van der Waals surface area contributed by atoms with Gasteiger partial charge in [-0.05, 0) is 22.0 Å². The second kappa shape index (κ2) is 3.99. The standard InChI is InChI=1S/C17H16O2Si/c1-20(2)15-9-8-14-17(19-11-18-14)13(15)10-16(20)12-6-4-3-5-7-12/h3-10H,11H2,1-2H3. The Balaban J connectivity index is 1.93. The summed E-state index contributed by atoms with van der Waals surface area (Å²) in [5.74, 6) is 1.80. The largest absolute Gasteiger partial charge is 0.454 e. The molecule has 0 aliphatic carbocycles. The van der Waals surface area contributed by atoms with Gasteiger partial charge in [-0.25, -0.2) is 0 Å². The van der Waals surface area contributed by atoms with Gasteiger partial charge < -0.3 is 9.47 Å². The lowest BCUT2D eigenvalue weighted by atomic mass is 10.1. The van der Waals surface area contributed by atoms with Crippen LogP contribution in [-0.4, -0.2) is 14.9 Å². The zero-order valence-corrected chi connectivity index (χ0v) is 12.6. The molecule has 2 heterocycles. The summed E-state index contributed by atoms with van der Waals surface area (Å²) < 4.78 is 11.2. The average molecular weight is 280 g/mol. The van der Waals surface area contributed by atoms with Crippen LogP contribution in [0.4, 0.5) is 0 Å². The molecule has 0 spiro atoms. The molecule has 0 atom stereocenters. The van der Waals surface area contributed by atoms with E-state index in [9.17, 15) is 0 Å².